The number of rotatable bonds is 11. The Morgan fingerprint density at radius 1 is 0.973 bits per heavy atom. The zero-order valence-electron chi connectivity index (χ0n) is 22.0. The lowest BCUT2D eigenvalue weighted by molar-refractivity contribution is 0.0952. The van der Waals surface area contributed by atoms with Crippen LogP contribution in [0, 0.1) is 6.92 Å². The second-order valence-corrected chi connectivity index (χ2v) is 9.57. The molecule has 2 heterocycles. The van der Waals surface area contributed by atoms with E-state index in [9.17, 15) is 4.79 Å². The van der Waals surface area contributed by atoms with E-state index in [1.54, 1.807) is 32.7 Å². The Morgan fingerprint density at radius 3 is 2.27 bits per heavy atom. The summed E-state index contributed by atoms with van der Waals surface area (Å²) in [5.41, 5.74) is 5.25. The lowest BCUT2D eigenvalue weighted by Gasteiger charge is -2.13. The van der Waals surface area contributed by atoms with Crippen LogP contribution in [-0.2, 0) is 6.54 Å². The van der Waals surface area contributed by atoms with Gasteiger partial charge in [0.05, 0.1) is 38.3 Å². The number of unbranched alkanes of at least 4 members (excludes halogenated alkanes) is 1. The van der Waals surface area contributed by atoms with Crippen LogP contribution in [-0.4, -0.2) is 43.3 Å². The number of amides is 1. The predicted molar refractivity (Wildman–Crippen MR) is 148 cm³/mol. The molecule has 0 aliphatic carbocycles. The van der Waals surface area contributed by atoms with E-state index in [1.807, 2.05) is 60.8 Å². The minimum absolute atomic E-state index is 0.0696. The van der Waals surface area contributed by atoms with E-state index >= 15 is 0 Å². The van der Waals surface area contributed by atoms with Gasteiger partial charge < -0.3 is 24.1 Å². The van der Waals surface area contributed by atoms with Crippen molar-refractivity contribution in [1.29, 1.82) is 0 Å². The van der Waals surface area contributed by atoms with E-state index in [-0.39, 0.29) is 5.91 Å². The van der Waals surface area contributed by atoms with Crippen molar-refractivity contribution in [3.63, 3.8) is 0 Å². The second kappa shape index (κ2) is 12.0. The van der Waals surface area contributed by atoms with Gasteiger partial charge in [0, 0.05) is 35.8 Å². The number of aromatic nitrogens is 2. The summed E-state index contributed by atoms with van der Waals surface area (Å²) in [5.74, 6) is 2.17. The van der Waals surface area contributed by atoms with Crippen LogP contribution in [0.2, 0.25) is 0 Å². The Balaban J connectivity index is 1.74. The van der Waals surface area contributed by atoms with Crippen LogP contribution in [0.15, 0.2) is 53.9 Å². The molecule has 0 aliphatic heterocycles. The van der Waals surface area contributed by atoms with Gasteiger partial charge in [-0.1, -0.05) is 13.3 Å². The van der Waals surface area contributed by atoms with Gasteiger partial charge in [-0.15, -0.1) is 11.3 Å². The molecule has 0 unspecified atom stereocenters. The average molecular weight is 520 g/mol. The summed E-state index contributed by atoms with van der Waals surface area (Å²) in [5, 5.41) is 5.99. The number of hydrogen-bond donors (Lipinski definition) is 1. The number of thiazole rings is 1. The van der Waals surface area contributed by atoms with Crippen LogP contribution < -0.4 is 19.5 Å². The lowest BCUT2D eigenvalue weighted by Crippen LogP contribution is -2.24. The van der Waals surface area contributed by atoms with E-state index in [0.29, 0.717) is 30.2 Å². The van der Waals surface area contributed by atoms with Gasteiger partial charge >= 0.3 is 0 Å². The van der Waals surface area contributed by atoms with Crippen LogP contribution in [0.5, 0.6) is 17.2 Å². The zero-order valence-corrected chi connectivity index (χ0v) is 22.8. The Labute approximate surface area is 222 Å². The molecule has 1 N–H and O–H groups in total. The third kappa shape index (κ3) is 5.97. The molecule has 4 rings (SSSR count). The first-order chi connectivity index (χ1) is 18.0. The van der Waals surface area contributed by atoms with Crippen LogP contribution in [0.4, 0.5) is 0 Å². The van der Waals surface area contributed by atoms with E-state index in [0.717, 1.165) is 51.8 Å². The lowest BCUT2D eigenvalue weighted by atomic mass is 10.2. The number of ether oxygens (including phenoxy) is 3. The Bertz CT molecular complexity index is 1340. The maximum atomic E-state index is 13.1. The molecule has 0 fully saturated rings. The van der Waals surface area contributed by atoms with Crippen molar-refractivity contribution in [3.05, 3.63) is 70.7 Å². The van der Waals surface area contributed by atoms with Gasteiger partial charge in [0.2, 0.25) is 0 Å². The van der Waals surface area contributed by atoms with Crippen molar-refractivity contribution < 1.29 is 19.0 Å². The van der Waals surface area contributed by atoms with Crippen molar-refractivity contribution in [2.24, 2.45) is 0 Å². The summed E-state index contributed by atoms with van der Waals surface area (Å²) in [6.45, 7) is 5.27. The first-order valence-corrected chi connectivity index (χ1v) is 13.2. The molecule has 0 atom stereocenters. The smallest absolute Gasteiger partial charge is 0.253 e. The quantitative estimate of drug-likeness (QED) is 0.239. The van der Waals surface area contributed by atoms with Gasteiger partial charge in [-0.25, -0.2) is 4.98 Å². The summed E-state index contributed by atoms with van der Waals surface area (Å²) in [6, 6.07) is 15.6. The molecule has 0 saturated heterocycles. The molecule has 37 heavy (non-hydrogen) atoms. The fourth-order valence-corrected chi connectivity index (χ4v) is 4.98. The van der Waals surface area contributed by atoms with Crippen LogP contribution in [0.3, 0.4) is 0 Å². The maximum absolute atomic E-state index is 13.1. The van der Waals surface area contributed by atoms with Gasteiger partial charge in [0.15, 0.2) is 0 Å². The molecule has 0 aliphatic rings. The molecule has 1 amide bonds. The summed E-state index contributed by atoms with van der Waals surface area (Å²) < 4.78 is 18.4. The monoisotopic (exact) mass is 519 g/mol. The molecule has 2 aromatic carbocycles. The number of hydrogen-bond acceptors (Lipinski definition) is 6. The van der Waals surface area contributed by atoms with Gasteiger partial charge in [-0.2, -0.15) is 0 Å². The summed E-state index contributed by atoms with van der Waals surface area (Å²) in [6.07, 6.45) is 1.97. The van der Waals surface area contributed by atoms with Crippen LogP contribution in [0.1, 0.15) is 41.4 Å². The number of carbonyl (C=O) groups is 1. The molecule has 4 aromatic rings. The highest BCUT2D eigenvalue weighted by Gasteiger charge is 2.21. The molecule has 0 saturated carbocycles. The Hall–Kier alpha value is -3.78. The third-order valence-electron chi connectivity index (χ3n) is 6.28. The summed E-state index contributed by atoms with van der Waals surface area (Å²) >= 11 is 1.57. The van der Waals surface area contributed by atoms with Gasteiger partial charge in [-0.05, 0) is 61.4 Å². The summed E-state index contributed by atoms with van der Waals surface area (Å²) in [4.78, 5) is 18.0. The highest BCUT2D eigenvalue weighted by molar-refractivity contribution is 7.13. The maximum Gasteiger partial charge on any atom is 0.253 e. The number of methoxy groups -OCH3 is 3. The highest BCUT2D eigenvalue weighted by atomic mass is 32.1. The van der Waals surface area contributed by atoms with E-state index < -0.39 is 0 Å². The second-order valence-electron chi connectivity index (χ2n) is 8.71. The number of nitrogens with zero attached hydrogens (tertiary/aromatic N) is 2. The minimum atomic E-state index is -0.0696. The highest BCUT2D eigenvalue weighted by Crippen LogP contribution is 2.33. The average Bonchev–Trinajstić information content (AvgIpc) is 3.54. The van der Waals surface area contributed by atoms with Crippen molar-refractivity contribution in [1.82, 2.24) is 14.9 Å². The first-order valence-electron chi connectivity index (χ1n) is 12.3. The zero-order chi connectivity index (χ0) is 26.4. The molecule has 0 radical (unpaired) electrons. The third-order valence-corrected chi connectivity index (χ3v) is 7.17. The van der Waals surface area contributed by atoms with Crippen molar-refractivity contribution in [2.45, 2.75) is 33.2 Å². The molecule has 194 valence electrons. The Morgan fingerprint density at radius 2 is 1.65 bits per heavy atom. The molecular weight excluding hydrogens is 486 g/mol. The summed E-state index contributed by atoms with van der Waals surface area (Å²) in [7, 11) is 4.93. The van der Waals surface area contributed by atoms with Crippen LogP contribution >= 0.6 is 11.3 Å². The Kier molecular flexibility index (Phi) is 8.50. The van der Waals surface area contributed by atoms with Gasteiger partial charge in [-0.3, -0.25) is 4.79 Å². The van der Waals surface area contributed by atoms with Gasteiger partial charge in [0.25, 0.3) is 5.91 Å². The van der Waals surface area contributed by atoms with Crippen molar-refractivity contribution >= 4 is 17.2 Å². The SMILES string of the molecule is CCCCNC(=O)c1cc(-c2csc(-c3ccc(OC)cc3)n2)n(Cc2cc(OC)cc(OC)c2)c1C. The topological polar surface area (TPSA) is 74.6 Å². The first kappa shape index (κ1) is 26.3. The number of carbonyl (C=O) groups excluding carboxylic acids is 1. The molecule has 8 heteroatoms. The number of benzene rings is 2. The molecule has 0 spiro atoms. The van der Waals surface area contributed by atoms with Gasteiger partial charge in [0.1, 0.15) is 22.3 Å². The minimum Gasteiger partial charge on any atom is -0.497 e. The predicted octanol–water partition coefficient (Wildman–Crippen LogP) is 6.19. The molecular formula is C29H33N3O4S. The number of nitrogens with one attached hydrogen (secondary N) is 1. The van der Waals surface area contributed by atoms with Crippen molar-refractivity contribution in [3.8, 4) is 39.2 Å². The van der Waals surface area contributed by atoms with E-state index in [4.69, 9.17) is 19.2 Å². The normalized spacial score (nSPS) is 10.8. The van der Waals surface area contributed by atoms with Crippen molar-refractivity contribution in [2.75, 3.05) is 27.9 Å². The fourth-order valence-electron chi connectivity index (χ4n) is 4.16. The fraction of sp³-hybridized carbons (Fsp3) is 0.310. The van der Waals surface area contributed by atoms with Crippen LogP contribution in [0.25, 0.3) is 22.0 Å². The van der Waals surface area contributed by atoms with E-state index in [1.165, 1.54) is 0 Å². The molecule has 2 aromatic heterocycles. The molecule has 0 bridgehead atoms. The largest absolute Gasteiger partial charge is 0.497 e. The van der Waals surface area contributed by atoms with E-state index in [2.05, 4.69) is 16.8 Å². The molecule has 7 nitrogen and oxygen atoms in total. The standard InChI is InChI=1S/C29H33N3O4S/c1-6-7-12-30-28(33)25-16-27(26-18-37-29(31-26)21-8-10-22(34-3)11-9-21)32(19(25)2)17-20-13-23(35-4)15-24(14-20)36-5/h8-11,13-16,18H,6-7,12,17H2,1-5H3,(H,30,33).